The lowest BCUT2D eigenvalue weighted by Gasteiger charge is -2.07. The predicted octanol–water partition coefficient (Wildman–Crippen LogP) is 1.80. The molecule has 0 unspecified atom stereocenters. The van der Waals surface area contributed by atoms with Gasteiger partial charge in [-0.2, -0.15) is 4.98 Å². The minimum atomic E-state index is 0.370. The normalized spacial score (nSPS) is 10.1. The molecule has 0 saturated carbocycles. The summed E-state index contributed by atoms with van der Waals surface area (Å²) in [6.07, 6.45) is 0. The maximum Gasteiger partial charge on any atom is 0.321 e. The molecule has 1 aromatic heterocycles. The van der Waals surface area contributed by atoms with Gasteiger partial charge in [-0.05, 0) is 18.2 Å². The van der Waals surface area contributed by atoms with Crippen molar-refractivity contribution in [3.8, 4) is 22.9 Å². The average Bonchev–Trinajstić information content (AvgIpc) is 2.86. The van der Waals surface area contributed by atoms with Crippen LogP contribution in [0.3, 0.4) is 0 Å². The summed E-state index contributed by atoms with van der Waals surface area (Å²) in [6.45, 7) is 0. The number of methoxy groups -OCH3 is 2. The van der Waals surface area contributed by atoms with E-state index < -0.39 is 0 Å². The molecule has 1 aromatic carbocycles. The molecule has 6 heteroatoms. The van der Waals surface area contributed by atoms with Crippen LogP contribution in [0.15, 0.2) is 22.7 Å². The van der Waals surface area contributed by atoms with Gasteiger partial charge in [0.25, 0.3) is 0 Å². The van der Waals surface area contributed by atoms with E-state index >= 15 is 0 Å². The zero-order chi connectivity index (χ0) is 12.3. The van der Waals surface area contributed by atoms with E-state index in [9.17, 15) is 0 Å². The molecule has 0 fully saturated rings. The molecular formula is C11H13N3O3. The Morgan fingerprint density at radius 2 is 1.94 bits per heavy atom. The summed E-state index contributed by atoms with van der Waals surface area (Å²) in [5.74, 6) is 1.78. The molecule has 1 N–H and O–H groups in total. The molecule has 17 heavy (non-hydrogen) atoms. The molecule has 0 bridgehead atoms. The lowest BCUT2D eigenvalue weighted by molar-refractivity contribution is 0.355. The maximum atomic E-state index is 5.20. The summed E-state index contributed by atoms with van der Waals surface area (Å²) < 4.78 is 15.3. The topological polar surface area (TPSA) is 69.4 Å². The summed E-state index contributed by atoms with van der Waals surface area (Å²) in [4.78, 5) is 4.14. The van der Waals surface area contributed by atoms with E-state index in [-0.39, 0.29) is 0 Å². The van der Waals surface area contributed by atoms with Crippen LogP contribution in [-0.2, 0) is 0 Å². The van der Waals surface area contributed by atoms with Gasteiger partial charge in [0, 0.05) is 12.6 Å². The van der Waals surface area contributed by atoms with Crippen LogP contribution in [0.4, 0.5) is 6.01 Å². The SMILES string of the molecule is CNc1nc(-c2ccc(OC)c(OC)c2)no1. The lowest BCUT2D eigenvalue weighted by atomic mass is 10.2. The van der Waals surface area contributed by atoms with Crippen LogP contribution in [-0.4, -0.2) is 31.4 Å². The first-order valence-corrected chi connectivity index (χ1v) is 5.02. The quantitative estimate of drug-likeness (QED) is 0.871. The van der Waals surface area contributed by atoms with Crippen LogP contribution in [0, 0.1) is 0 Å². The lowest BCUT2D eigenvalue weighted by Crippen LogP contribution is -1.91. The van der Waals surface area contributed by atoms with E-state index in [0.29, 0.717) is 23.3 Å². The van der Waals surface area contributed by atoms with E-state index in [1.807, 2.05) is 6.07 Å². The fraction of sp³-hybridized carbons (Fsp3) is 0.273. The number of ether oxygens (including phenoxy) is 2. The Bertz CT molecular complexity index is 510. The van der Waals surface area contributed by atoms with E-state index in [1.165, 1.54) is 0 Å². The Kier molecular flexibility index (Phi) is 3.13. The van der Waals surface area contributed by atoms with Crippen LogP contribution < -0.4 is 14.8 Å². The van der Waals surface area contributed by atoms with Gasteiger partial charge in [-0.1, -0.05) is 5.16 Å². The van der Waals surface area contributed by atoms with Gasteiger partial charge in [0.15, 0.2) is 11.5 Å². The highest BCUT2D eigenvalue weighted by Gasteiger charge is 2.11. The van der Waals surface area contributed by atoms with Crippen molar-refractivity contribution >= 4 is 6.01 Å². The molecule has 1 heterocycles. The van der Waals surface area contributed by atoms with Gasteiger partial charge in [0.2, 0.25) is 5.82 Å². The van der Waals surface area contributed by atoms with E-state index in [2.05, 4.69) is 15.5 Å². The molecule has 0 spiro atoms. The number of nitrogens with zero attached hydrogens (tertiary/aromatic N) is 2. The first kappa shape index (κ1) is 11.3. The van der Waals surface area contributed by atoms with Crippen LogP contribution in [0.5, 0.6) is 11.5 Å². The second kappa shape index (κ2) is 4.73. The number of rotatable bonds is 4. The molecule has 0 aliphatic rings. The van der Waals surface area contributed by atoms with Gasteiger partial charge < -0.3 is 19.3 Å². The van der Waals surface area contributed by atoms with E-state index in [0.717, 1.165) is 5.56 Å². The monoisotopic (exact) mass is 235 g/mol. The largest absolute Gasteiger partial charge is 0.493 e. The minimum Gasteiger partial charge on any atom is -0.493 e. The van der Waals surface area contributed by atoms with Crippen LogP contribution in [0.2, 0.25) is 0 Å². The number of anilines is 1. The summed E-state index contributed by atoms with van der Waals surface area (Å²) >= 11 is 0. The van der Waals surface area contributed by atoms with Gasteiger partial charge >= 0.3 is 6.01 Å². The van der Waals surface area contributed by atoms with Crippen molar-refractivity contribution < 1.29 is 14.0 Å². The fourth-order valence-electron chi connectivity index (χ4n) is 1.42. The first-order chi connectivity index (χ1) is 8.28. The number of benzene rings is 1. The molecule has 0 saturated heterocycles. The summed E-state index contributed by atoms with van der Waals surface area (Å²) in [5, 5.41) is 6.62. The number of nitrogens with one attached hydrogen (secondary N) is 1. The molecule has 6 nitrogen and oxygen atoms in total. The van der Waals surface area contributed by atoms with Gasteiger partial charge in [0.05, 0.1) is 14.2 Å². The smallest absolute Gasteiger partial charge is 0.321 e. The Labute approximate surface area is 98.5 Å². The Morgan fingerprint density at radius 1 is 1.18 bits per heavy atom. The molecule has 0 amide bonds. The third-order valence-electron chi connectivity index (χ3n) is 2.28. The standard InChI is InChI=1S/C11H13N3O3/c1-12-11-13-10(14-17-11)7-4-5-8(15-2)9(6-7)16-3/h4-6H,1-3H3,(H,12,13,14). The highest BCUT2D eigenvalue weighted by Crippen LogP contribution is 2.31. The summed E-state index contributed by atoms with van der Waals surface area (Å²) in [7, 11) is 4.88. The zero-order valence-electron chi connectivity index (χ0n) is 9.85. The van der Waals surface area contributed by atoms with Gasteiger partial charge in [0.1, 0.15) is 0 Å². The second-order valence-electron chi connectivity index (χ2n) is 3.24. The number of hydrogen-bond acceptors (Lipinski definition) is 6. The van der Waals surface area contributed by atoms with Crippen molar-refractivity contribution in [3.63, 3.8) is 0 Å². The molecule has 0 atom stereocenters. The summed E-state index contributed by atoms with van der Waals surface area (Å²) in [6, 6.07) is 5.80. The number of hydrogen-bond donors (Lipinski definition) is 1. The first-order valence-electron chi connectivity index (χ1n) is 5.02. The Morgan fingerprint density at radius 3 is 2.53 bits per heavy atom. The van der Waals surface area contributed by atoms with Crippen LogP contribution in [0.25, 0.3) is 11.4 Å². The predicted molar refractivity (Wildman–Crippen MR) is 62.4 cm³/mol. The van der Waals surface area contributed by atoms with E-state index in [1.54, 1.807) is 33.4 Å². The molecule has 0 aliphatic carbocycles. The van der Waals surface area contributed by atoms with Gasteiger partial charge in [-0.15, -0.1) is 0 Å². The van der Waals surface area contributed by atoms with Crippen molar-refractivity contribution in [2.75, 3.05) is 26.6 Å². The third kappa shape index (κ3) is 2.15. The van der Waals surface area contributed by atoms with Crippen molar-refractivity contribution in [1.82, 2.24) is 10.1 Å². The molecule has 0 aliphatic heterocycles. The van der Waals surface area contributed by atoms with Crippen molar-refractivity contribution in [2.45, 2.75) is 0 Å². The van der Waals surface area contributed by atoms with Crippen molar-refractivity contribution in [3.05, 3.63) is 18.2 Å². The third-order valence-corrected chi connectivity index (χ3v) is 2.28. The van der Waals surface area contributed by atoms with Crippen molar-refractivity contribution in [1.29, 1.82) is 0 Å². The fourth-order valence-corrected chi connectivity index (χ4v) is 1.42. The maximum absolute atomic E-state index is 5.20. The van der Waals surface area contributed by atoms with E-state index in [4.69, 9.17) is 14.0 Å². The average molecular weight is 235 g/mol. The zero-order valence-corrected chi connectivity index (χ0v) is 9.85. The molecule has 90 valence electrons. The van der Waals surface area contributed by atoms with Gasteiger partial charge in [-0.3, -0.25) is 0 Å². The molecule has 0 radical (unpaired) electrons. The second-order valence-corrected chi connectivity index (χ2v) is 3.24. The highest BCUT2D eigenvalue weighted by molar-refractivity contribution is 5.61. The Hall–Kier alpha value is -2.24. The van der Waals surface area contributed by atoms with Gasteiger partial charge in [-0.25, -0.2) is 0 Å². The van der Waals surface area contributed by atoms with Crippen LogP contribution >= 0.6 is 0 Å². The molecular weight excluding hydrogens is 222 g/mol. The minimum absolute atomic E-state index is 0.370. The summed E-state index contributed by atoms with van der Waals surface area (Å²) in [5.41, 5.74) is 0.799. The molecule has 2 rings (SSSR count). The van der Waals surface area contributed by atoms with Crippen molar-refractivity contribution in [2.24, 2.45) is 0 Å². The Balaban J connectivity index is 2.38. The highest BCUT2D eigenvalue weighted by atomic mass is 16.5. The number of aromatic nitrogens is 2. The molecule has 2 aromatic rings. The van der Waals surface area contributed by atoms with Crippen LogP contribution in [0.1, 0.15) is 0 Å².